The fraction of sp³-hybridized carbons (Fsp3) is 0.615. The van der Waals surface area contributed by atoms with Crippen LogP contribution in [0.4, 0.5) is 5.95 Å². The van der Waals surface area contributed by atoms with Crippen molar-refractivity contribution in [2.45, 2.75) is 35.2 Å². The van der Waals surface area contributed by atoms with Gasteiger partial charge in [0.25, 0.3) is 0 Å². The molecular formula is C13H20N4O5Te. The summed E-state index contributed by atoms with van der Waals surface area (Å²) in [6, 6.07) is 0. The summed E-state index contributed by atoms with van der Waals surface area (Å²) < 4.78 is 7.37. The van der Waals surface area contributed by atoms with Crippen molar-refractivity contribution in [1.29, 1.82) is 0 Å². The molecule has 9 nitrogen and oxygen atoms in total. The molecule has 1 rings (SSSR count). The Morgan fingerprint density at radius 3 is 2.96 bits per heavy atom. The first-order valence-electron chi connectivity index (χ1n) is 7.11. The standard InChI is InChI=1S/C13H20N4O5Te/c1-23-9-3-8-22-12(19)4-2-5-14-11(18)10-16-7-6-15-13(16)17(20)21/h6-7H,2-5,8-10H2,1H3,(H,14,18). The van der Waals surface area contributed by atoms with Gasteiger partial charge in [0.1, 0.15) is 12.4 Å². The van der Waals surface area contributed by atoms with Crippen LogP contribution in [-0.2, 0) is 20.9 Å². The van der Waals surface area contributed by atoms with Crippen molar-refractivity contribution in [3.05, 3.63) is 22.5 Å². The third-order valence-corrected chi connectivity index (χ3v) is 4.80. The number of amides is 1. The first kappa shape index (κ1) is 19.4. The van der Waals surface area contributed by atoms with Crippen LogP contribution in [0.3, 0.4) is 0 Å². The van der Waals surface area contributed by atoms with Gasteiger partial charge in [-0.2, -0.15) is 0 Å². The SMILES string of the molecule is C[Te]CCCOC(=O)CCCNC(=O)Cn1ccnc1[N+](=O)[O-]. The Hall–Kier alpha value is -1.66. The third kappa shape index (κ3) is 7.95. The number of imidazole rings is 1. The maximum atomic E-state index is 11.7. The molecule has 1 N–H and O–H groups in total. The van der Waals surface area contributed by atoms with Gasteiger partial charge in [0.2, 0.25) is 0 Å². The van der Waals surface area contributed by atoms with Gasteiger partial charge in [-0.25, -0.2) is 0 Å². The molecule has 23 heavy (non-hydrogen) atoms. The molecule has 1 heterocycles. The van der Waals surface area contributed by atoms with Gasteiger partial charge in [-0.3, -0.25) is 0 Å². The Labute approximate surface area is 144 Å². The van der Waals surface area contributed by atoms with Gasteiger partial charge in [-0.05, 0) is 4.92 Å². The maximum absolute atomic E-state index is 11.7. The number of carbonyl (C=O) groups is 2. The molecule has 0 fully saturated rings. The minimum Gasteiger partial charge on any atom is -0.390 e. The summed E-state index contributed by atoms with van der Waals surface area (Å²) in [5.74, 6) is -1.01. The molecule has 0 aliphatic rings. The molecule has 1 aromatic heterocycles. The van der Waals surface area contributed by atoms with E-state index in [0.717, 1.165) is 15.5 Å². The number of nitrogens with zero attached hydrogens (tertiary/aromatic N) is 3. The molecular weight excluding hydrogens is 420 g/mol. The Bertz CT molecular complexity index is 534. The number of nitrogens with one attached hydrogen (secondary N) is 1. The number of hydrogen-bond acceptors (Lipinski definition) is 6. The normalized spacial score (nSPS) is 10.3. The molecule has 0 radical (unpaired) electrons. The van der Waals surface area contributed by atoms with Crippen molar-refractivity contribution in [2.75, 3.05) is 13.2 Å². The third-order valence-electron chi connectivity index (χ3n) is 2.81. The van der Waals surface area contributed by atoms with Crippen LogP contribution in [0.25, 0.3) is 0 Å². The topological polar surface area (TPSA) is 116 Å². The molecule has 0 atom stereocenters. The Morgan fingerprint density at radius 2 is 2.26 bits per heavy atom. The molecule has 0 saturated heterocycles. The van der Waals surface area contributed by atoms with Gasteiger partial charge in [0, 0.05) is 0 Å². The van der Waals surface area contributed by atoms with Crippen LogP contribution in [-0.4, -0.2) is 60.4 Å². The monoisotopic (exact) mass is 442 g/mol. The van der Waals surface area contributed by atoms with E-state index in [1.165, 1.54) is 12.4 Å². The van der Waals surface area contributed by atoms with E-state index in [1.807, 2.05) is 0 Å². The second kappa shape index (κ2) is 11.0. The van der Waals surface area contributed by atoms with Crippen molar-refractivity contribution in [3.63, 3.8) is 0 Å². The molecule has 0 aromatic carbocycles. The predicted molar refractivity (Wildman–Crippen MR) is 83.1 cm³/mol. The predicted octanol–water partition coefficient (Wildman–Crippen LogP) is 0.792. The zero-order valence-corrected chi connectivity index (χ0v) is 15.2. The van der Waals surface area contributed by atoms with Crippen LogP contribution in [0.15, 0.2) is 12.4 Å². The first-order chi connectivity index (χ1) is 11.0. The van der Waals surface area contributed by atoms with Crippen molar-refractivity contribution in [1.82, 2.24) is 14.9 Å². The molecule has 0 spiro atoms. The van der Waals surface area contributed by atoms with Gasteiger partial charge in [-0.15, -0.1) is 0 Å². The van der Waals surface area contributed by atoms with Crippen LogP contribution >= 0.6 is 0 Å². The fourth-order valence-corrected chi connectivity index (χ4v) is 2.89. The number of aromatic nitrogens is 2. The first-order valence-corrected chi connectivity index (χ1v) is 11.1. The molecule has 0 saturated carbocycles. The zero-order chi connectivity index (χ0) is 17.1. The Balaban J connectivity index is 2.15. The van der Waals surface area contributed by atoms with Crippen molar-refractivity contribution in [2.24, 2.45) is 0 Å². The number of nitro groups is 1. The molecule has 0 bridgehead atoms. The van der Waals surface area contributed by atoms with Crippen LogP contribution in [0.5, 0.6) is 0 Å². The summed E-state index contributed by atoms with van der Waals surface area (Å²) >= 11 is 0.0907. The number of ether oxygens (including phenoxy) is 1. The zero-order valence-electron chi connectivity index (χ0n) is 12.9. The van der Waals surface area contributed by atoms with E-state index in [-0.39, 0.29) is 51.7 Å². The van der Waals surface area contributed by atoms with E-state index >= 15 is 0 Å². The number of esters is 1. The van der Waals surface area contributed by atoms with E-state index in [2.05, 4.69) is 15.3 Å². The van der Waals surface area contributed by atoms with Crippen LogP contribution in [0.2, 0.25) is 9.44 Å². The molecule has 0 aliphatic carbocycles. The average Bonchev–Trinajstić information content (AvgIpc) is 2.96. The van der Waals surface area contributed by atoms with Crippen LogP contribution in [0.1, 0.15) is 19.3 Å². The van der Waals surface area contributed by atoms with Crippen LogP contribution in [0, 0.1) is 10.1 Å². The van der Waals surface area contributed by atoms with Gasteiger partial charge in [0.15, 0.2) is 0 Å². The van der Waals surface area contributed by atoms with Crippen LogP contribution < -0.4 is 5.32 Å². The quantitative estimate of drug-likeness (QED) is 0.179. The number of hydrogen-bond donors (Lipinski definition) is 1. The van der Waals surface area contributed by atoms with E-state index in [9.17, 15) is 19.7 Å². The second-order valence-corrected chi connectivity index (χ2v) is 7.45. The van der Waals surface area contributed by atoms with Gasteiger partial charge in [-0.1, -0.05) is 4.98 Å². The summed E-state index contributed by atoms with van der Waals surface area (Å²) in [4.78, 5) is 38.9. The minimum atomic E-state index is -0.649. The van der Waals surface area contributed by atoms with Gasteiger partial charge < -0.3 is 10.1 Å². The van der Waals surface area contributed by atoms with Gasteiger partial charge in [0.05, 0.1) is 0 Å². The summed E-state index contributed by atoms with van der Waals surface area (Å²) in [7, 11) is 0. The average molecular weight is 440 g/mol. The molecule has 10 heteroatoms. The van der Waals surface area contributed by atoms with Crippen molar-refractivity contribution >= 4 is 38.7 Å². The molecule has 1 amide bonds. The van der Waals surface area contributed by atoms with E-state index in [1.54, 1.807) is 0 Å². The van der Waals surface area contributed by atoms with E-state index < -0.39 is 4.92 Å². The van der Waals surface area contributed by atoms with E-state index in [0.29, 0.717) is 19.6 Å². The van der Waals surface area contributed by atoms with Gasteiger partial charge >= 0.3 is 111 Å². The number of rotatable bonds is 11. The summed E-state index contributed by atoms with van der Waals surface area (Å²) in [6.07, 6.45) is 4.27. The second-order valence-electron chi connectivity index (χ2n) is 4.63. The summed E-state index contributed by atoms with van der Waals surface area (Å²) in [5, 5.41) is 13.3. The smallest absolute Gasteiger partial charge is 0.390 e. The molecule has 128 valence electrons. The molecule has 0 unspecified atom stereocenters. The minimum absolute atomic E-state index is 0.0907. The fourth-order valence-electron chi connectivity index (χ4n) is 1.73. The summed E-state index contributed by atoms with van der Waals surface area (Å²) in [5.41, 5.74) is 0. The van der Waals surface area contributed by atoms with Crippen molar-refractivity contribution in [3.8, 4) is 0 Å². The molecule has 1 aromatic rings. The van der Waals surface area contributed by atoms with Crippen molar-refractivity contribution < 1.29 is 19.2 Å². The Morgan fingerprint density at radius 1 is 1.48 bits per heavy atom. The molecule has 0 aliphatic heterocycles. The Kier molecular flexibility index (Phi) is 9.24. The van der Waals surface area contributed by atoms with E-state index in [4.69, 9.17) is 4.74 Å². The number of carbonyl (C=O) groups excluding carboxylic acids is 2. The summed E-state index contributed by atoms with van der Waals surface area (Å²) in [6.45, 7) is 0.605.